The minimum atomic E-state index is -4.02. The van der Waals surface area contributed by atoms with Crippen molar-refractivity contribution in [3.8, 4) is 16.9 Å². The van der Waals surface area contributed by atoms with E-state index < -0.39 is 15.9 Å². The van der Waals surface area contributed by atoms with Crippen molar-refractivity contribution in [2.75, 3.05) is 22.8 Å². The number of ether oxygens (including phenoxy) is 1. The van der Waals surface area contributed by atoms with Gasteiger partial charge in [0.25, 0.3) is 10.0 Å². The second kappa shape index (κ2) is 10.1. The van der Waals surface area contributed by atoms with E-state index in [1.807, 2.05) is 56.3 Å². The van der Waals surface area contributed by atoms with Gasteiger partial charge >= 0.3 is 0 Å². The van der Waals surface area contributed by atoms with E-state index in [-0.39, 0.29) is 11.4 Å². The summed E-state index contributed by atoms with van der Waals surface area (Å²) in [4.78, 5) is 13.3. The van der Waals surface area contributed by atoms with Crippen molar-refractivity contribution in [3.05, 3.63) is 108 Å². The molecule has 0 aromatic heterocycles. The lowest BCUT2D eigenvalue weighted by Crippen LogP contribution is -2.38. The highest BCUT2D eigenvalue weighted by molar-refractivity contribution is 7.92. The van der Waals surface area contributed by atoms with Gasteiger partial charge in [0.2, 0.25) is 5.91 Å². The van der Waals surface area contributed by atoms with Crippen LogP contribution in [0.1, 0.15) is 23.6 Å². The van der Waals surface area contributed by atoms with Crippen molar-refractivity contribution in [3.63, 3.8) is 0 Å². The van der Waals surface area contributed by atoms with Gasteiger partial charge < -0.3 is 10.1 Å². The van der Waals surface area contributed by atoms with E-state index in [1.165, 1.54) is 23.3 Å². The highest BCUT2D eigenvalue weighted by Crippen LogP contribution is 2.38. The van der Waals surface area contributed by atoms with E-state index in [2.05, 4.69) is 17.4 Å². The summed E-state index contributed by atoms with van der Waals surface area (Å²) in [7, 11) is -4.02. The lowest BCUT2D eigenvalue weighted by molar-refractivity contribution is -0.114. The summed E-state index contributed by atoms with van der Waals surface area (Å²) in [5, 5.41) is 2.90. The fourth-order valence-electron chi connectivity index (χ4n) is 4.56. The van der Waals surface area contributed by atoms with Gasteiger partial charge in [-0.3, -0.25) is 9.10 Å². The molecule has 0 radical (unpaired) electrons. The molecule has 0 aliphatic heterocycles. The summed E-state index contributed by atoms with van der Waals surface area (Å²) < 4.78 is 33.9. The summed E-state index contributed by atoms with van der Waals surface area (Å²) in [6.07, 6.45) is 0.862. The zero-order chi connectivity index (χ0) is 26.0. The second-order valence-corrected chi connectivity index (χ2v) is 10.9. The number of aryl methyl sites for hydroxylation is 1. The van der Waals surface area contributed by atoms with Crippen LogP contribution in [0, 0.1) is 6.92 Å². The maximum atomic E-state index is 13.7. The molecule has 1 aliphatic rings. The highest BCUT2D eigenvalue weighted by atomic mass is 32.2. The Bertz CT molecular complexity index is 1550. The fraction of sp³-hybridized carbons (Fsp3) is 0.167. The van der Waals surface area contributed by atoms with Crippen LogP contribution < -0.4 is 14.4 Å². The van der Waals surface area contributed by atoms with Gasteiger partial charge in [-0.2, -0.15) is 0 Å². The predicted molar refractivity (Wildman–Crippen MR) is 147 cm³/mol. The molecule has 0 heterocycles. The van der Waals surface area contributed by atoms with Crippen molar-refractivity contribution in [1.29, 1.82) is 0 Å². The normalized spacial score (nSPS) is 11.9. The SMILES string of the molecule is CCOc1ccc(S(=O)(=O)N(CC(=O)Nc2ccc3c(c2)-c2ccccc2C3)c2ccc(C)cc2)cc1. The quantitative estimate of drug-likeness (QED) is 0.285. The topological polar surface area (TPSA) is 75.7 Å². The van der Waals surface area contributed by atoms with Crippen LogP contribution in [-0.4, -0.2) is 27.5 Å². The fourth-order valence-corrected chi connectivity index (χ4v) is 5.98. The monoisotopic (exact) mass is 512 g/mol. The molecule has 188 valence electrons. The molecule has 0 atom stereocenters. The highest BCUT2D eigenvalue weighted by Gasteiger charge is 2.28. The standard InChI is InChI=1S/C30H28N2O4S/c1-3-36-26-14-16-27(17-15-26)37(34,35)32(25-12-8-21(2)9-13-25)20-30(33)31-24-11-10-23-18-22-6-4-5-7-28(22)29(23)19-24/h4-17,19H,3,18,20H2,1-2H3,(H,31,33). The first-order chi connectivity index (χ1) is 17.8. The smallest absolute Gasteiger partial charge is 0.264 e. The molecule has 37 heavy (non-hydrogen) atoms. The Balaban J connectivity index is 1.41. The van der Waals surface area contributed by atoms with Gasteiger partial charge in [-0.25, -0.2) is 8.42 Å². The van der Waals surface area contributed by atoms with E-state index in [1.54, 1.807) is 24.3 Å². The zero-order valence-corrected chi connectivity index (χ0v) is 21.6. The molecule has 0 spiro atoms. The van der Waals surface area contributed by atoms with E-state index in [4.69, 9.17) is 4.74 Å². The van der Waals surface area contributed by atoms with Crippen molar-refractivity contribution in [2.45, 2.75) is 25.2 Å². The Morgan fingerprint density at radius 1 is 0.892 bits per heavy atom. The van der Waals surface area contributed by atoms with Crippen LogP contribution in [0.15, 0.2) is 95.9 Å². The lowest BCUT2D eigenvalue weighted by Gasteiger charge is -2.24. The van der Waals surface area contributed by atoms with Crippen molar-refractivity contribution in [2.24, 2.45) is 0 Å². The largest absolute Gasteiger partial charge is 0.494 e. The number of anilines is 2. The van der Waals surface area contributed by atoms with Crippen LogP contribution in [0.5, 0.6) is 5.75 Å². The minimum Gasteiger partial charge on any atom is -0.494 e. The first kappa shape index (κ1) is 24.6. The van der Waals surface area contributed by atoms with Crippen LogP contribution in [0.3, 0.4) is 0 Å². The number of hydrogen-bond acceptors (Lipinski definition) is 4. The number of rotatable bonds is 8. The third kappa shape index (κ3) is 5.08. The summed E-state index contributed by atoms with van der Waals surface area (Å²) in [6, 6.07) is 27.3. The first-order valence-electron chi connectivity index (χ1n) is 12.2. The molecule has 0 saturated heterocycles. The van der Waals surface area contributed by atoms with Gasteiger partial charge in [-0.05, 0) is 91.1 Å². The van der Waals surface area contributed by atoms with Crippen LogP contribution in [0.25, 0.3) is 11.1 Å². The molecule has 1 amide bonds. The third-order valence-electron chi connectivity index (χ3n) is 6.41. The van der Waals surface area contributed by atoms with Crippen LogP contribution in [0.4, 0.5) is 11.4 Å². The summed E-state index contributed by atoms with van der Waals surface area (Å²) in [5.74, 6) is 0.153. The average Bonchev–Trinajstić information content (AvgIpc) is 3.26. The number of carbonyl (C=O) groups is 1. The van der Waals surface area contributed by atoms with Crippen LogP contribution >= 0.6 is 0 Å². The molecule has 1 aliphatic carbocycles. The van der Waals surface area contributed by atoms with Crippen LogP contribution in [0.2, 0.25) is 0 Å². The van der Waals surface area contributed by atoms with Crippen molar-refractivity contribution in [1.82, 2.24) is 0 Å². The molecule has 6 nitrogen and oxygen atoms in total. The third-order valence-corrected chi connectivity index (χ3v) is 8.20. The first-order valence-corrected chi connectivity index (χ1v) is 13.6. The van der Waals surface area contributed by atoms with Gasteiger partial charge in [0, 0.05) is 5.69 Å². The Labute approximate surface area is 217 Å². The van der Waals surface area contributed by atoms with E-state index in [0.29, 0.717) is 23.7 Å². The van der Waals surface area contributed by atoms with Gasteiger partial charge in [-0.1, -0.05) is 48.0 Å². The number of nitrogens with one attached hydrogen (secondary N) is 1. The molecule has 0 unspecified atom stereocenters. The molecule has 5 rings (SSSR count). The van der Waals surface area contributed by atoms with E-state index in [0.717, 1.165) is 27.4 Å². The zero-order valence-electron chi connectivity index (χ0n) is 20.8. The lowest BCUT2D eigenvalue weighted by atomic mass is 10.1. The number of benzene rings is 4. The molecular formula is C30H28N2O4S. The predicted octanol–water partition coefficient (Wildman–Crippen LogP) is 5.80. The average molecular weight is 513 g/mol. The summed E-state index contributed by atoms with van der Waals surface area (Å²) in [6.45, 7) is 3.90. The van der Waals surface area contributed by atoms with E-state index in [9.17, 15) is 13.2 Å². The molecule has 0 saturated carbocycles. The number of hydrogen-bond donors (Lipinski definition) is 1. The number of carbonyl (C=O) groups excluding carboxylic acids is 1. The second-order valence-electron chi connectivity index (χ2n) is 9.01. The molecule has 1 N–H and O–H groups in total. The minimum absolute atomic E-state index is 0.0819. The Kier molecular flexibility index (Phi) is 6.72. The van der Waals surface area contributed by atoms with E-state index >= 15 is 0 Å². The molecule has 7 heteroatoms. The number of amides is 1. The number of fused-ring (bicyclic) bond motifs is 3. The molecular weight excluding hydrogens is 484 g/mol. The van der Waals surface area contributed by atoms with Crippen molar-refractivity contribution >= 4 is 27.3 Å². The summed E-state index contributed by atoms with van der Waals surface area (Å²) in [5.41, 5.74) is 6.75. The summed E-state index contributed by atoms with van der Waals surface area (Å²) >= 11 is 0. The van der Waals surface area contributed by atoms with Crippen molar-refractivity contribution < 1.29 is 17.9 Å². The molecule has 4 aromatic carbocycles. The molecule has 0 fully saturated rings. The maximum Gasteiger partial charge on any atom is 0.264 e. The molecule has 4 aromatic rings. The Morgan fingerprint density at radius 3 is 2.32 bits per heavy atom. The number of nitrogens with zero attached hydrogens (tertiary/aromatic N) is 1. The van der Waals surface area contributed by atoms with Gasteiger partial charge in [-0.15, -0.1) is 0 Å². The Hall–Kier alpha value is -4.10. The number of sulfonamides is 1. The maximum absolute atomic E-state index is 13.7. The van der Waals surface area contributed by atoms with Gasteiger partial charge in [0.05, 0.1) is 17.2 Å². The Morgan fingerprint density at radius 2 is 1.59 bits per heavy atom. The molecule has 0 bridgehead atoms. The van der Waals surface area contributed by atoms with Crippen LogP contribution in [-0.2, 0) is 21.2 Å². The van der Waals surface area contributed by atoms with Gasteiger partial charge in [0.15, 0.2) is 0 Å². The van der Waals surface area contributed by atoms with Gasteiger partial charge in [0.1, 0.15) is 12.3 Å².